The Morgan fingerprint density at radius 3 is 2.44 bits per heavy atom. The van der Waals surface area contributed by atoms with Crippen molar-refractivity contribution in [3.8, 4) is 0 Å². The second-order valence-electron chi connectivity index (χ2n) is 7.74. The standard InChI is InChI=1S/C24H20N4O3S3/c1-15-25-21-20(32-15)13-12-19-22(21)33-24(26-19)27-23(29)17-8-10-18(11-9-17)34(30,31)28(2)14-16-6-4-3-5-7-16/h3-13H,14H2,1-2H3,(H,26,27,29). The number of amides is 1. The SMILES string of the molecule is Cc1nc2c(ccc3nc(NC(=O)c4ccc(S(=O)(=O)N(C)Cc5ccccc5)cc4)sc32)s1. The van der Waals surface area contributed by atoms with Crippen LogP contribution in [0.3, 0.4) is 0 Å². The van der Waals surface area contributed by atoms with Crippen molar-refractivity contribution in [2.45, 2.75) is 18.4 Å². The van der Waals surface area contributed by atoms with Crippen LogP contribution < -0.4 is 5.32 Å². The molecule has 0 bridgehead atoms. The highest BCUT2D eigenvalue weighted by atomic mass is 32.2. The van der Waals surface area contributed by atoms with Gasteiger partial charge >= 0.3 is 0 Å². The topological polar surface area (TPSA) is 92.3 Å². The Kier molecular flexibility index (Phi) is 5.90. The lowest BCUT2D eigenvalue weighted by molar-refractivity contribution is 0.102. The first-order valence-corrected chi connectivity index (χ1v) is 13.5. The quantitative estimate of drug-likeness (QED) is 0.337. The lowest BCUT2D eigenvalue weighted by Gasteiger charge is -2.17. The predicted octanol–water partition coefficient (Wildman–Crippen LogP) is 5.29. The summed E-state index contributed by atoms with van der Waals surface area (Å²) in [6.07, 6.45) is 0. The molecule has 0 saturated carbocycles. The summed E-state index contributed by atoms with van der Waals surface area (Å²) in [6, 6.07) is 19.2. The molecular formula is C24H20N4O3S3. The van der Waals surface area contributed by atoms with E-state index < -0.39 is 10.0 Å². The summed E-state index contributed by atoms with van der Waals surface area (Å²) in [5.74, 6) is -0.355. The molecule has 0 spiro atoms. The molecule has 3 aromatic carbocycles. The summed E-state index contributed by atoms with van der Waals surface area (Å²) in [5.41, 5.74) is 2.91. The summed E-state index contributed by atoms with van der Waals surface area (Å²) >= 11 is 2.99. The Morgan fingerprint density at radius 1 is 0.971 bits per heavy atom. The molecule has 0 atom stereocenters. The Morgan fingerprint density at radius 2 is 1.71 bits per heavy atom. The summed E-state index contributed by atoms with van der Waals surface area (Å²) in [4.78, 5) is 22.0. The number of nitrogens with zero attached hydrogens (tertiary/aromatic N) is 3. The average molecular weight is 509 g/mol. The van der Waals surface area contributed by atoms with Crippen molar-refractivity contribution in [2.75, 3.05) is 12.4 Å². The maximum Gasteiger partial charge on any atom is 0.257 e. The van der Waals surface area contributed by atoms with Gasteiger partial charge in [-0.05, 0) is 48.9 Å². The van der Waals surface area contributed by atoms with E-state index in [1.165, 1.54) is 47.0 Å². The number of sulfonamides is 1. The maximum atomic E-state index is 12.9. The van der Waals surface area contributed by atoms with Gasteiger partial charge in [0.15, 0.2) is 5.13 Å². The van der Waals surface area contributed by atoms with Crippen LogP contribution in [0, 0.1) is 6.92 Å². The van der Waals surface area contributed by atoms with Crippen molar-refractivity contribution >= 4 is 64.2 Å². The van der Waals surface area contributed by atoms with E-state index >= 15 is 0 Å². The molecule has 5 rings (SSSR count). The fraction of sp³-hybridized carbons (Fsp3) is 0.125. The lowest BCUT2D eigenvalue weighted by atomic mass is 10.2. The van der Waals surface area contributed by atoms with Crippen LogP contribution in [-0.2, 0) is 16.6 Å². The zero-order valence-corrected chi connectivity index (χ0v) is 20.8. The van der Waals surface area contributed by atoms with E-state index in [9.17, 15) is 13.2 Å². The van der Waals surface area contributed by atoms with Crippen LogP contribution in [0.5, 0.6) is 0 Å². The third-order valence-electron chi connectivity index (χ3n) is 5.31. The minimum atomic E-state index is -3.69. The zero-order chi connectivity index (χ0) is 23.9. The number of fused-ring (bicyclic) bond motifs is 3. The van der Waals surface area contributed by atoms with E-state index in [0.29, 0.717) is 10.7 Å². The number of anilines is 1. The van der Waals surface area contributed by atoms with E-state index in [0.717, 1.165) is 31.0 Å². The summed E-state index contributed by atoms with van der Waals surface area (Å²) < 4.78 is 29.2. The number of aromatic nitrogens is 2. The molecule has 0 aliphatic heterocycles. The molecule has 2 heterocycles. The third-order valence-corrected chi connectivity index (χ3v) is 9.06. The summed E-state index contributed by atoms with van der Waals surface area (Å²) in [6.45, 7) is 2.22. The van der Waals surface area contributed by atoms with Gasteiger partial charge in [-0.15, -0.1) is 11.3 Å². The van der Waals surface area contributed by atoms with Crippen LogP contribution in [0.4, 0.5) is 5.13 Å². The highest BCUT2D eigenvalue weighted by molar-refractivity contribution is 7.89. The first kappa shape index (κ1) is 22.6. The van der Waals surface area contributed by atoms with Crippen LogP contribution >= 0.6 is 22.7 Å². The molecule has 34 heavy (non-hydrogen) atoms. The molecule has 1 amide bonds. The van der Waals surface area contributed by atoms with Gasteiger partial charge in [-0.3, -0.25) is 10.1 Å². The fourth-order valence-electron chi connectivity index (χ4n) is 3.59. The van der Waals surface area contributed by atoms with Gasteiger partial charge in [0.2, 0.25) is 10.0 Å². The zero-order valence-electron chi connectivity index (χ0n) is 18.3. The molecule has 7 nitrogen and oxygen atoms in total. The fourth-order valence-corrected chi connectivity index (χ4v) is 6.60. The predicted molar refractivity (Wildman–Crippen MR) is 137 cm³/mol. The second-order valence-corrected chi connectivity index (χ2v) is 12.0. The van der Waals surface area contributed by atoms with Gasteiger partial charge in [-0.25, -0.2) is 18.4 Å². The van der Waals surface area contributed by atoms with E-state index in [1.807, 2.05) is 49.4 Å². The normalized spacial score (nSPS) is 12.0. The van der Waals surface area contributed by atoms with Gasteiger partial charge < -0.3 is 0 Å². The molecule has 10 heteroatoms. The first-order valence-electron chi connectivity index (χ1n) is 10.4. The average Bonchev–Trinajstić information content (AvgIpc) is 3.41. The largest absolute Gasteiger partial charge is 0.298 e. The molecule has 0 unspecified atom stereocenters. The van der Waals surface area contributed by atoms with Gasteiger partial charge in [-0.1, -0.05) is 41.7 Å². The molecule has 0 aliphatic rings. The first-order chi connectivity index (χ1) is 16.3. The van der Waals surface area contributed by atoms with Crippen molar-refractivity contribution < 1.29 is 13.2 Å². The molecule has 0 aliphatic carbocycles. The van der Waals surface area contributed by atoms with E-state index in [2.05, 4.69) is 15.3 Å². The molecule has 5 aromatic rings. The molecule has 0 radical (unpaired) electrons. The number of hydrogen-bond donors (Lipinski definition) is 1. The van der Waals surface area contributed by atoms with Crippen LogP contribution in [-0.4, -0.2) is 35.6 Å². The van der Waals surface area contributed by atoms with Crippen LogP contribution in [0.1, 0.15) is 20.9 Å². The number of aryl methyl sites for hydroxylation is 1. The molecular weight excluding hydrogens is 488 g/mol. The van der Waals surface area contributed by atoms with Crippen LogP contribution in [0.25, 0.3) is 20.4 Å². The third kappa shape index (κ3) is 4.32. The van der Waals surface area contributed by atoms with E-state index in [4.69, 9.17) is 0 Å². The van der Waals surface area contributed by atoms with Crippen LogP contribution in [0.15, 0.2) is 71.6 Å². The number of thiazole rings is 2. The van der Waals surface area contributed by atoms with Crippen molar-refractivity contribution in [2.24, 2.45) is 0 Å². The van der Waals surface area contributed by atoms with Gasteiger partial charge in [0.05, 0.1) is 24.8 Å². The highest BCUT2D eigenvalue weighted by Crippen LogP contribution is 2.34. The second kappa shape index (κ2) is 8.88. The van der Waals surface area contributed by atoms with E-state index in [-0.39, 0.29) is 17.3 Å². The van der Waals surface area contributed by atoms with Crippen molar-refractivity contribution in [1.29, 1.82) is 0 Å². The number of benzene rings is 3. The molecule has 1 N–H and O–H groups in total. The Hall–Kier alpha value is -3.18. The monoisotopic (exact) mass is 508 g/mol. The highest BCUT2D eigenvalue weighted by Gasteiger charge is 2.21. The minimum Gasteiger partial charge on any atom is -0.298 e. The number of nitrogens with one attached hydrogen (secondary N) is 1. The number of carbonyl (C=O) groups excluding carboxylic acids is 1. The molecule has 172 valence electrons. The molecule has 2 aromatic heterocycles. The van der Waals surface area contributed by atoms with Gasteiger partial charge in [-0.2, -0.15) is 4.31 Å². The van der Waals surface area contributed by atoms with Gasteiger partial charge in [0.1, 0.15) is 5.52 Å². The van der Waals surface area contributed by atoms with Crippen molar-refractivity contribution in [3.05, 3.63) is 82.9 Å². The minimum absolute atomic E-state index is 0.128. The number of carbonyl (C=O) groups is 1. The maximum absolute atomic E-state index is 12.9. The number of rotatable bonds is 6. The summed E-state index contributed by atoms with van der Waals surface area (Å²) in [5, 5.41) is 4.26. The Labute approximate surface area is 204 Å². The smallest absolute Gasteiger partial charge is 0.257 e. The molecule has 0 fully saturated rings. The number of hydrogen-bond acceptors (Lipinski definition) is 7. The van der Waals surface area contributed by atoms with Gasteiger partial charge in [0, 0.05) is 19.2 Å². The van der Waals surface area contributed by atoms with Crippen molar-refractivity contribution in [1.82, 2.24) is 14.3 Å². The summed E-state index contributed by atoms with van der Waals surface area (Å²) in [7, 11) is -2.15. The van der Waals surface area contributed by atoms with Gasteiger partial charge in [0.25, 0.3) is 5.91 Å². The van der Waals surface area contributed by atoms with Crippen molar-refractivity contribution in [3.63, 3.8) is 0 Å². The Bertz CT molecular complexity index is 1610. The van der Waals surface area contributed by atoms with E-state index in [1.54, 1.807) is 11.3 Å². The molecule has 0 saturated heterocycles. The Balaban J connectivity index is 1.33. The lowest BCUT2D eigenvalue weighted by Crippen LogP contribution is -2.26. The van der Waals surface area contributed by atoms with Crippen LogP contribution in [0.2, 0.25) is 0 Å².